The first-order valence-electron chi connectivity index (χ1n) is 29.1. The molecule has 0 aromatic rings. The Morgan fingerprint density at radius 3 is 1.21 bits per heavy atom. The van der Waals surface area contributed by atoms with Crippen LogP contribution >= 0.6 is 0 Å². The number of allylic oxidation sites excluding steroid dienone is 18. The van der Waals surface area contributed by atoms with Crippen LogP contribution < -0.4 is 0 Å². The van der Waals surface area contributed by atoms with Gasteiger partial charge in [0.05, 0.1) is 34.4 Å². The highest BCUT2D eigenvalue weighted by atomic mass is 16.7. The van der Waals surface area contributed by atoms with Crippen LogP contribution in [-0.2, 0) is 33.3 Å². The summed E-state index contributed by atoms with van der Waals surface area (Å²) in [5.74, 6) is -2.10. The molecule has 0 saturated carbocycles. The van der Waals surface area contributed by atoms with Gasteiger partial charge in [-0.25, -0.2) is 4.79 Å². The van der Waals surface area contributed by atoms with Gasteiger partial charge < -0.3 is 28.5 Å². The van der Waals surface area contributed by atoms with Gasteiger partial charge in [-0.15, -0.1) is 0 Å². The van der Waals surface area contributed by atoms with E-state index in [1.54, 1.807) is 0 Å². The van der Waals surface area contributed by atoms with Crippen molar-refractivity contribution in [1.29, 1.82) is 0 Å². The van der Waals surface area contributed by atoms with E-state index in [-0.39, 0.29) is 38.6 Å². The number of carboxylic acid groups (broad SMARTS) is 1. The second-order valence-electron chi connectivity index (χ2n) is 20.2. The molecule has 0 aromatic heterocycles. The molecular formula is C64H108NO8+. The van der Waals surface area contributed by atoms with Gasteiger partial charge in [-0.05, 0) is 96.3 Å². The molecule has 2 unspecified atom stereocenters. The molecule has 0 heterocycles. The predicted molar refractivity (Wildman–Crippen MR) is 308 cm³/mol. The number of likely N-dealkylation sites (N-methyl/N-ethyl adjacent to an activating group) is 1. The van der Waals surface area contributed by atoms with Gasteiger partial charge in [0, 0.05) is 12.8 Å². The van der Waals surface area contributed by atoms with E-state index in [1.807, 2.05) is 21.1 Å². The normalized spacial score (nSPS) is 13.6. The van der Waals surface area contributed by atoms with Crippen molar-refractivity contribution < 1.29 is 42.9 Å². The summed E-state index contributed by atoms with van der Waals surface area (Å²) < 4.78 is 22.8. The molecule has 0 aliphatic carbocycles. The average Bonchev–Trinajstić information content (AvgIpc) is 3.36. The van der Waals surface area contributed by atoms with E-state index in [4.69, 9.17) is 18.9 Å². The van der Waals surface area contributed by atoms with Crippen LogP contribution in [0.3, 0.4) is 0 Å². The fraction of sp³-hybridized carbons (Fsp3) is 0.672. The Bertz CT molecular complexity index is 1560. The van der Waals surface area contributed by atoms with Gasteiger partial charge in [-0.3, -0.25) is 9.59 Å². The summed E-state index contributed by atoms with van der Waals surface area (Å²) in [5.41, 5.74) is 0. The summed E-state index contributed by atoms with van der Waals surface area (Å²) in [6.07, 6.45) is 71.7. The minimum atomic E-state index is -1.53. The smallest absolute Gasteiger partial charge is 0.361 e. The molecule has 0 aromatic carbocycles. The number of nitrogens with zero attached hydrogens (tertiary/aromatic N) is 1. The minimum absolute atomic E-state index is 0.171. The maximum atomic E-state index is 12.8. The molecule has 0 bridgehead atoms. The van der Waals surface area contributed by atoms with Gasteiger partial charge in [0.2, 0.25) is 0 Å². The van der Waals surface area contributed by atoms with Gasteiger partial charge in [0.15, 0.2) is 6.10 Å². The summed E-state index contributed by atoms with van der Waals surface area (Å²) in [4.78, 5) is 37.4. The molecule has 0 saturated heterocycles. The Hall–Kier alpha value is -4.05. The lowest BCUT2D eigenvalue weighted by Gasteiger charge is -2.25. The third-order valence-corrected chi connectivity index (χ3v) is 12.0. The maximum absolute atomic E-state index is 12.8. The van der Waals surface area contributed by atoms with Crippen LogP contribution in [0.15, 0.2) is 109 Å². The molecule has 0 rings (SSSR count). The largest absolute Gasteiger partial charge is 0.477 e. The Morgan fingerprint density at radius 2 is 0.795 bits per heavy atom. The number of hydrogen-bond acceptors (Lipinski definition) is 7. The number of carboxylic acids is 1. The topological polar surface area (TPSA) is 108 Å². The average molecular weight is 1020 g/mol. The first kappa shape index (κ1) is 69.0. The van der Waals surface area contributed by atoms with Crippen molar-refractivity contribution in [3.05, 3.63) is 109 Å². The number of hydrogen-bond donors (Lipinski definition) is 1. The number of ether oxygens (including phenoxy) is 4. The highest BCUT2D eigenvalue weighted by Crippen LogP contribution is 2.15. The standard InChI is InChI=1S/C64H107NO8/c1-6-8-10-12-14-16-18-20-22-24-26-28-30-31-33-34-36-38-40-42-44-46-48-50-52-54-61(66)71-58-60(59-72-64(63(68)69)70-57-56-65(3,4)5)73-62(67)55-53-51-49-47-45-43-41-39-37-35-32-29-27-25-23-21-19-17-15-13-11-9-7-2/h9,11,15,17-18,20-21,23-24,26-27,29,35,37,41,43,47,49,60,64H,6-8,10,12-14,16,19,22,25,28,30-34,36,38-40,42,44-46,48,50-59H2,1-5H3/p+1/b11-9-,17-15-,20-18-,23-21-,26-24-,29-27-,37-35-,43-41-,49-47-. The molecule has 9 nitrogen and oxygen atoms in total. The number of esters is 2. The van der Waals surface area contributed by atoms with Gasteiger partial charge in [0.1, 0.15) is 13.2 Å². The number of quaternary nitrogens is 1. The van der Waals surface area contributed by atoms with Crippen molar-refractivity contribution in [2.45, 2.75) is 232 Å². The third-order valence-electron chi connectivity index (χ3n) is 12.0. The van der Waals surface area contributed by atoms with E-state index >= 15 is 0 Å². The maximum Gasteiger partial charge on any atom is 0.361 e. The quantitative estimate of drug-likeness (QED) is 0.0211. The summed E-state index contributed by atoms with van der Waals surface area (Å²) in [5, 5.41) is 9.70. The van der Waals surface area contributed by atoms with Gasteiger partial charge in [0.25, 0.3) is 6.29 Å². The number of rotatable bonds is 52. The monoisotopic (exact) mass is 1020 g/mol. The molecule has 0 amide bonds. The van der Waals surface area contributed by atoms with Crippen LogP contribution in [0.25, 0.3) is 0 Å². The molecule has 0 fully saturated rings. The SMILES string of the molecule is CC/C=C\C/C=C\C/C=C\C/C=C\C/C=C\C/C=C\C/C=C\CCCC(=O)OC(COC(=O)CCCCCCCCCCCCCCC/C=C\C/C=C\CCCCCCC)COC(OCC[N+](C)(C)C)C(=O)O. The number of unbranched alkanes of at least 4 members (excludes halogenated alkanes) is 19. The van der Waals surface area contributed by atoms with E-state index in [0.29, 0.717) is 23.9 Å². The fourth-order valence-corrected chi connectivity index (χ4v) is 7.56. The van der Waals surface area contributed by atoms with Crippen LogP contribution in [0, 0.1) is 0 Å². The van der Waals surface area contributed by atoms with Crippen molar-refractivity contribution >= 4 is 17.9 Å². The lowest BCUT2D eigenvalue weighted by Crippen LogP contribution is -2.40. The molecule has 416 valence electrons. The Labute approximate surface area is 447 Å². The molecular weight excluding hydrogens is 911 g/mol. The summed E-state index contributed by atoms with van der Waals surface area (Å²) in [7, 11) is 5.94. The van der Waals surface area contributed by atoms with Crippen LogP contribution in [0.1, 0.15) is 219 Å². The number of carbonyl (C=O) groups excluding carboxylic acids is 2. The van der Waals surface area contributed by atoms with E-state index in [1.165, 1.54) is 109 Å². The van der Waals surface area contributed by atoms with Crippen molar-refractivity contribution in [1.82, 2.24) is 0 Å². The van der Waals surface area contributed by atoms with Gasteiger partial charge >= 0.3 is 17.9 Å². The summed E-state index contributed by atoms with van der Waals surface area (Å²) in [6, 6.07) is 0. The molecule has 9 heteroatoms. The summed E-state index contributed by atoms with van der Waals surface area (Å²) >= 11 is 0. The fourth-order valence-electron chi connectivity index (χ4n) is 7.56. The highest BCUT2D eigenvalue weighted by molar-refractivity contribution is 5.71. The van der Waals surface area contributed by atoms with Crippen LogP contribution in [-0.4, -0.2) is 87.4 Å². The van der Waals surface area contributed by atoms with Crippen molar-refractivity contribution in [3.63, 3.8) is 0 Å². The Kier molecular flexibility index (Phi) is 51.2. The molecule has 2 atom stereocenters. The van der Waals surface area contributed by atoms with Gasteiger partial charge in [-0.2, -0.15) is 0 Å². The number of carbonyl (C=O) groups is 3. The molecule has 0 radical (unpaired) electrons. The first-order chi connectivity index (χ1) is 35.6. The zero-order valence-electron chi connectivity index (χ0n) is 47.3. The van der Waals surface area contributed by atoms with E-state index < -0.39 is 24.3 Å². The Balaban J connectivity index is 4.36. The second kappa shape index (κ2) is 54.2. The molecule has 0 aliphatic heterocycles. The van der Waals surface area contributed by atoms with Crippen molar-refractivity contribution in [3.8, 4) is 0 Å². The first-order valence-corrected chi connectivity index (χ1v) is 29.1. The zero-order chi connectivity index (χ0) is 53.4. The van der Waals surface area contributed by atoms with E-state index in [0.717, 1.165) is 70.6 Å². The second-order valence-corrected chi connectivity index (χ2v) is 20.2. The van der Waals surface area contributed by atoms with Crippen LogP contribution in [0.2, 0.25) is 0 Å². The molecule has 73 heavy (non-hydrogen) atoms. The lowest BCUT2D eigenvalue weighted by atomic mass is 10.0. The third kappa shape index (κ3) is 55.5. The lowest BCUT2D eigenvalue weighted by molar-refractivity contribution is -0.870. The predicted octanol–water partition coefficient (Wildman–Crippen LogP) is 17.1. The highest BCUT2D eigenvalue weighted by Gasteiger charge is 2.25. The zero-order valence-corrected chi connectivity index (χ0v) is 47.3. The Morgan fingerprint density at radius 1 is 0.425 bits per heavy atom. The van der Waals surface area contributed by atoms with Crippen LogP contribution in [0.5, 0.6) is 0 Å². The molecule has 1 N–H and O–H groups in total. The molecule has 0 aliphatic rings. The van der Waals surface area contributed by atoms with Crippen molar-refractivity contribution in [2.75, 3.05) is 47.5 Å². The van der Waals surface area contributed by atoms with E-state index in [9.17, 15) is 19.5 Å². The molecule has 0 spiro atoms. The summed E-state index contributed by atoms with van der Waals surface area (Å²) in [6.45, 7) is 4.68. The van der Waals surface area contributed by atoms with Gasteiger partial charge in [-0.1, -0.05) is 220 Å². The van der Waals surface area contributed by atoms with Crippen LogP contribution in [0.4, 0.5) is 0 Å². The minimum Gasteiger partial charge on any atom is -0.477 e. The van der Waals surface area contributed by atoms with Crippen molar-refractivity contribution in [2.24, 2.45) is 0 Å². The van der Waals surface area contributed by atoms with E-state index in [2.05, 4.69) is 123 Å². The number of aliphatic carboxylic acids is 1.